The average Bonchev–Trinajstić information content (AvgIpc) is 3.09. The van der Waals surface area contributed by atoms with Crippen LogP contribution in [0.25, 0.3) is 0 Å². The van der Waals surface area contributed by atoms with Crippen molar-refractivity contribution in [2.75, 3.05) is 59.9 Å². The monoisotopic (exact) mass is 718 g/mol. The van der Waals surface area contributed by atoms with Crippen molar-refractivity contribution in [2.45, 2.75) is 154 Å². The Morgan fingerprint density at radius 2 is 0.900 bits per heavy atom. The Balaban J connectivity index is 0. The van der Waals surface area contributed by atoms with E-state index in [9.17, 15) is 19.2 Å². The molecule has 1 amide bonds. The van der Waals surface area contributed by atoms with Gasteiger partial charge in [-0.3, -0.25) is 24.0 Å². The molecule has 0 aromatic rings. The zero-order chi connectivity index (χ0) is 37.2. The van der Waals surface area contributed by atoms with E-state index in [0.29, 0.717) is 84.1 Å². The summed E-state index contributed by atoms with van der Waals surface area (Å²) < 4.78 is 21.1. The maximum atomic E-state index is 12.1. The number of unbranched alkanes of at least 4 members (excludes halogenated alkanes) is 16. The molecule has 0 aliphatic heterocycles. The minimum absolute atomic E-state index is 0.0191. The van der Waals surface area contributed by atoms with Gasteiger partial charge in [0.15, 0.2) is 5.78 Å². The van der Waals surface area contributed by atoms with Gasteiger partial charge >= 0.3 is 5.97 Å². The highest BCUT2D eigenvalue weighted by molar-refractivity contribution is 5.79. The largest absolute Gasteiger partial charge is 0.483 e. The topological polar surface area (TPSA) is 175 Å². The molecule has 50 heavy (non-hydrogen) atoms. The zero-order valence-corrected chi connectivity index (χ0v) is 31.3. The Bertz CT molecular complexity index is 795. The standard InChI is InChI=1S/C37H69NO9.CH2O2/c1-44-29-30-45-27-20-14-16-23-35(40)33-47-32-31-46-28-26-38-36(41)24-19-18-22-34(39)21-15-12-10-8-6-4-2-3-5-7-9-11-13-17-25-37(42)43;2-1-3/h2-33H2,1H3,(H,38,41)(H,42,43);1H,(H,2,3). The summed E-state index contributed by atoms with van der Waals surface area (Å²) in [6.45, 7) is 3.32. The summed E-state index contributed by atoms with van der Waals surface area (Å²) in [5.41, 5.74) is 0. The second-order valence-corrected chi connectivity index (χ2v) is 12.7. The van der Waals surface area contributed by atoms with Gasteiger partial charge in [-0.15, -0.1) is 0 Å². The molecule has 0 aliphatic rings. The molecule has 0 aromatic carbocycles. The van der Waals surface area contributed by atoms with Crippen LogP contribution in [0.4, 0.5) is 0 Å². The van der Waals surface area contributed by atoms with Crippen molar-refractivity contribution in [3.05, 3.63) is 0 Å². The molecular weight excluding hydrogens is 646 g/mol. The normalized spacial score (nSPS) is 10.7. The van der Waals surface area contributed by atoms with Crippen molar-refractivity contribution in [2.24, 2.45) is 0 Å². The van der Waals surface area contributed by atoms with Gasteiger partial charge in [0.25, 0.3) is 6.47 Å². The molecule has 0 aromatic heterocycles. The molecule has 0 fully saturated rings. The summed E-state index contributed by atoms with van der Waals surface area (Å²) >= 11 is 0. The lowest BCUT2D eigenvalue weighted by Gasteiger charge is -2.07. The Hall–Kier alpha value is -2.41. The molecule has 294 valence electrons. The molecule has 0 atom stereocenters. The van der Waals surface area contributed by atoms with E-state index in [2.05, 4.69) is 5.32 Å². The SMILES string of the molecule is COCCOCCCCCC(=O)COCCOCCNC(=O)CCCCC(=O)CCCCCCCCCCCCCCCCC(=O)O.O=CO. The Labute approximate surface area is 302 Å². The van der Waals surface area contributed by atoms with Crippen molar-refractivity contribution in [3.63, 3.8) is 0 Å². The van der Waals surface area contributed by atoms with Gasteiger partial charge in [-0.05, 0) is 38.5 Å². The average molecular weight is 718 g/mol. The predicted octanol–water partition coefficient (Wildman–Crippen LogP) is 7.08. The fraction of sp³-hybridized carbons (Fsp3) is 0.868. The van der Waals surface area contributed by atoms with Crippen molar-refractivity contribution in [1.82, 2.24) is 5.32 Å². The molecule has 0 heterocycles. The van der Waals surface area contributed by atoms with Gasteiger partial charge in [-0.25, -0.2) is 0 Å². The molecule has 0 saturated carbocycles. The first-order valence-electron chi connectivity index (χ1n) is 19.2. The number of rotatable bonds is 39. The maximum Gasteiger partial charge on any atom is 0.303 e. The molecule has 0 rings (SSSR count). The number of carboxylic acids is 1. The number of Topliss-reactive ketones (excluding diaryl/α,β-unsaturated/α-hetero) is 2. The third kappa shape index (κ3) is 45.6. The Kier molecular flexibility index (Phi) is 42.5. The number of carbonyl (C=O) groups excluding carboxylic acids is 3. The van der Waals surface area contributed by atoms with Crippen molar-refractivity contribution >= 4 is 29.9 Å². The first kappa shape index (κ1) is 49.7. The van der Waals surface area contributed by atoms with Gasteiger partial charge in [0, 0.05) is 52.4 Å². The van der Waals surface area contributed by atoms with Gasteiger partial charge in [0.05, 0.1) is 33.0 Å². The van der Waals surface area contributed by atoms with Gasteiger partial charge < -0.3 is 34.5 Å². The molecule has 0 saturated heterocycles. The smallest absolute Gasteiger partial charge is 0.303 e. The van der Waals surface area contributed by atoms with E-state index in [1.165, 1.54) is 57.8 Å². The van der Waals surface area contributed by atoms with Gasteiger partial charge in [-0.2, -0.15) is 0 Å². The van der Waals surface area contributed by atoms with Crippen molar-refractivity contribution < 1.29 is 53.1 Å². The van der Waals surface area contributed by atoms with Crippen LogP contribution in [0.15, 0.2) is 0 Å². The minimum atomic E-state index is -0.686. The zero-order valence-electron chi connectivity index (χ0n) is 31.3. The first-order chi connectivity index (χ1) is 24.4. The highest BCUT2D eigenvalue weighted by Gasteiger charge is 2.06. The summed E-state index contributed by atoms with van der Waals surface area (Å²) in [5.74, 6) is -0.298. The summed E-state index contributed by atoms with van der Waals surface area (Å²) in [6.07, 6.45) is 23.2. The highest BCUT2D eigenvalue weighted by Crippen LogP contribution is 2.14. The fourth-order valence-corrected chi connectivity index (χ4v) is 5.23. The third-order valence-corrected chi connectivity index (χ3v) is 8.09. The molecular formula is C38H71NO11. The fourth-order valence-electron chi connectivity index (χ4n) is 5.23. The molecule has 0 spiro atoms. The Morgan fingerprint density at radius 1 is 0.500 bits per heavy atom. The van der Waals surface area contributed by atoms with Gasteiger partial charge in [0.1, 0.15) is 12.4 Å². The number of hydrogen-bond acceptors (Lipinski definition) is 9. The lowest BCUT2D eigenvalue weighted by atomic mass is 10.0. The van der Waals surface area contributed by atoms with E-state index < -0.39 is 5.97 Å². The van der Waals surface area contributed by atoms with E-state index >= 15 is 0 Å². The number of amides is 1. The number of nitrogens with one attached hydrogen (secondary N) is 1. The molecule has 0 radical (unpaired) electrons. The lowest BCUT2D eigenvalue weighted by molar-refractivity contribution is -0.137. The van der Waals surface area contributed by atoms with Crippen LogP contribution in [0.5, 0.6) is 0 Å². The van der Waals surface area contributed by atoms with Crippen molar-refractivity contribution in [1.29, 1.82) is 0 Å². The second kappa shape index (κ2) is 42.8. The van der Waals surface area contributed by atoms with Crippen LogP contribution in [-0.2, 0) is 42.9 Å². The van der Waals surface area contributed by atoms with Crippen LogP contribution in [0, 0.1) is 0 Å². The lowest BCUT2D eigenvalue weighted by Crippen LogP contribution is -2.27. The number of ketones is 2. The maximum absolute atomic E-state index is 12.1. The van der Waals surface area contributed by atoms with Crippen LogP contribution in [0.3, 0.4) is 0 Å². The number of methoxy groups -OCH3 is 1. The summed E-state index contributed by atoms with van der Waals surface area (Å²) in [6, 6.07) is 0. The van der Waals surface area contributed by atoms with E-state index in [-0.39, 0.29) is 24.8 Å². The molecule has 12 nitrogen and oxygen atoms in total. The van der Waals surface area contributed by atoms with E-state index in [1.807, 2.05) is 0 Å². The quantitative estimate of drug-likeness (QED) is 0.0438. The van der Waals surface area contributed by atoms with Gasteiger partial charge in [0.2, 0.25) is 5.91 Å². The summed E-state index contributed by atoms with van der Waals surface area (Å²) in [4.78, 5) is 54.8. The van der Waals surface area contributed by atoms with Gasteiger partial charge in [-0.1, -0.05) is 83.5 Å². The minimum Gasteiger partial charge on any atom is -0.483 e. The van der Waals surface area contributed by atoms with E-state index in [1.54, 1.807) is 7.11 Å². The summed E-state index contributed by atoms with van der Waals surface area (Å²) in [7, 11) is 1.65. The molecule has 12 heteroatoms. The molecule has 3 N–H and O–H groups in total. The number of hydrogen-bond donors (Lipinski definition) is 3. The number of carboxylic acid groups (broad SMARTS) is 2. The molecule has 0 bridgehead atoms. The Morgan fingerprint density at radius 3 is 1.44 bits per heavy atom. The highest BCUT2D eigenvalue weighted by atomic mass is 16.5. The van der Waals surface area contributed by atoms with Crippen LogP contribution in [0.2, 0.25) is 0 Å². The molecule has 0 unspecified atom stereocenters. The predicted molar refractivity (Wildman–Crippen MR) is 194 cm³/mol. The van der Waals surface area contributed by atoms with Crippen LogP contribution < -0.4 is 5.32 Å². The number of ether oxygens (including phenoxy) is 4. The number of aliphatic carboxylic acids is 1. The van der Waals surface area contributed by atoms with Crippen molar-refractivity contribution in [3.8, 4) is 0 Å². The summed E-state index contributed by atoms with van der Waals surface area (Å²) in [5, 5.41) is 18.4. The van der Waals surface area contributed by atoms with Crippen LogP contribution in [0.1, 0.15) is 154 Å². The number of carbonyl (C=O) groups is 5. The third-order valence-electron chi connectivity index (χ3n) is 8.09. The second-order valence-electron chi connectivity index (χ2n) is 12.7. The first-order valence-corrected chi connectivity index (χ1v) is 19.2. The van der Waals surface area contributed by atoms with E-state index in [4.69, 9.17) is 34.0 Å². The van der Waals surface area contributed by atoms with Crippen LogP contribution in [-0.4, -0.2) is 100 Å². The molecule has 0 aliphatic carbocycles. The van der Waals surface area contributed by atoms with Crippen LogP contribution >= 0.6 is 0 Å². The van der Waals surface area contributed by atoms with E-state index in [0.717, 1.165) is 64.2 Å².